The van der Waals surface area contributed by atoms with Gasteiger partial charge in [0.2, 0.25) is 5.13 Å². The summed E-state index contributed by atoms with van der Waals surface area (Å²) in [5, 5.41) is -1.74. The molecular formula is C32H55ClFO. The molecule has 2 atom stereocenters. The normalized spacial score (nSPS) is 26.6. The van der Waals surface area contributed by atoms with E-state index in [1.807, 2.05) is 0 Å². The molecule has 2 unspecified atom stereocenters. The van der Waals surface area contributed by atoms with Gasteiger partial charge < -0.3 is 4.74 Å². The molecule has 4 aliphatic carbocycles. The Morgan fingerprint density at radius 1 is 0.629 bits per heavy atom. The van der Waals surface area contributed by atoms with Crippen molar-refractivity contribution in [2.24, 2.45) is 17.8 Å². The average Bonchev–Trinajstić information content (AvgIpc) is 2.91. The monoisotopic (exact) mass is 509 g/mol. The molecule has 35 heavy (non-hydrogen) atoms. The lowest BCUT2D eigenvalue weighted by Gasteiger charge is -2.47. The topological polar surface area (TPSA) is 9.23 Å². The first kappa shape index (κ1) is 28.2. The van der Waals surface area contributed by atoms with Gasteiger partial charge in [-0.2, -0.15) is 0 Å². The third kappa shape index (κ3) is 8.59. The number of ether oxygens (including phenoxy) is 1. The van der Waals surface area contributed by atoms with Crippen molar-refractivity contribution in [1.82, 2.24) is 0 Å². The molecule has 0 aromatic heterocycles. The second-order valence-corrected chi connectivity index (χ2v) is 13.6. The van der Waals surface area contributed by atoms with E-state index in [0.717, 1.165) is 56.8 Å². The van der Waals surface area contributed by atoms with Gasteiger partial charge in [-0.1, -0.05) is 114 Å². The predicted octanol–water partition coefficient (Wildman–Crippen LogP) is 10.9. The summed E-state index contributed by atoms with van der Waals surface area (Å²) in [5.41, 5.74) is -0.812. The van der Waals surface area contributed by atoms with E-state index in [2.05, 4.69) is 6.42 Å². The van der Waals surface area contributed by atoms with Gasteiger partial charge in [-0.15, -0.1) is 0 Å². The Hall–Kier alpha value is 0.180. The maximum atomic E-state index is 17.1. The van der Waals surface area contributed by atoms with E-state index in [1.165, 1.54) is 109 Å². The van der Waals surface area contributed by atoms with Gasteiger partial charge in [0, 0.05) is 0 Å². The molecule has 1 radical (unpaired) electrons. The number of halogens is 2. The van der Waals surface area contributed by atoms with Gasteiger partial charge in [0.15, 0.2) is 0 Å². The third-order valence-corrected chi connectivity index (χ3v) is 10.9. The SMILES string of the molecule is FC(Cl)(CCC1CCCCC1)C(CCC1CCCCC1)(CCC1CCCCC1)OC1C[CH]CCC1. The van der Waals surface area contributed by atoms with Crippen molar-refractivity contribution in [2.75, 3.05) is 0 Å². The quantitative estimate of drug-likeness (QED) is 0.237. The lowest BCUT2D eigenvalue weighted by molar-refractivity contribution is -0.169. The fraction of sp³-hybridized carbons (Fsp3) is 0.969. The smallest absolute Gasteiger partial charge is 0.212 e. The zero-order chi connectivity index (χ0) is 24.4. The van der Waals surface area contributed by atoms with Gasteiger partial charge in [-0.3, -0.25) is 0 Å². The highest BCUT2D eigenvalue weighted by Gasteiger charge is 2.53. The summed E-state index contributed by atoms with van der Waals surface area (Å²) in [6.45, 7) is 0. The Labute approximate surface area is 222 Å². The molecule has 203 valence electrons. The minimum atomic E-state index is -1.74. The van der Waals surface area contributed by atoms with Crippen LogP contribution in [0.3, 0.4) is 0 Å². The van der Waals surface area contributed by atoms with Crippen LogP contribution in [0.25, 0.3) is 0 Å². The summed E-state index contributed by atoms with van der Waals surface area (Å²) in [4.78, 5) is 0. The van der Waals surface area contributed by atoms with Crippen LogP contribution < -0.4 is 0 Å². The largest absolute Gasteiger partial charge is 0.367 e. The predicted molar refractivity (Wildman–Crippen MR) is 147 cm³/mol. The van der Waals surface area contributed by atoms with E-state index >= 15 is 4.39 Å². The minimum absolute atomic E-state index is 0.157. The van der Waals surface area contributed by atoms with Crippen LogP contribution in [0, 0.1) is 24.2 Å². The van der Waals surface area contributed by atoms with E-state index < -0.39 is 10.7 Å². The van der Waals surface area contributed by atoms with Crippen LogP contribution in [0.1, 0.15) is 161 Å². The second-order valence-electron chi connectivity index (χ2n) is 13.0. The average molecular weight is 510 g/mol. The molecule has 0 N–H and O–H groups in total. The fourth-order valence-electron chi connectivity index (χ4n) is 7.95. The number of hydrogen-bond donors (Lipinski definition) is 0. The second kappa shape index (κ2) is 14.4. The highest BCUT2D eigenvalue weighted by atomic mass is 35.5. The Bertz CT molecular complexity index is 546. The van der Waals surface area contributed by atoms with Crippen LogP contribution in [-0.4, -0.2) is 16.8 Å². The zero-order valence-corrected chi connectivity index (χ0v) is 23.5. The Kier molecular flexibility index (Phi) is 11.6. The van der Waals surface area contributed by atoms with Crippen molar-refractivity contribution in [3.63, 3.8) is 0 Å². The van der Waals surface area contributed by atoms with Crippen molar-refractivity contribution < 1.29 is 9.13 Å². The first-order valence-corrected chi connectivity index (χ1v) is 16.3. The van der Waals surface area contributed by atoms with E-state index in [0.29, 0.717) is 12.3 Å². The maximum Gasteiger partial charge on any atom is 0.212 e. The Balaban J connectivity index is 1.50. The highest BCUT2D eigenvalue weighted by Crippen LogP contribution is 2.50. The molecule has 0 aromatic carbocycles. The third-order valence-electron chi connectivity index (χ3n) is 10.4. The van der Waals surface area contributed by atoms with Gasteiger partial charge in [-0.05, 0) is 82.0 Å². The molecule has 4 saturated carbocycles. The Morgan fingerprint density at radius 2 is 1.09 bits per heavy atom. The minimum Gasteiger partial charge on any atom is -0.367 e. The summed E-state index contributed by atoms with van der Waals surface area (Å²) in [6, 6.07) is 0. The van der Waals surface area contributed by atoms with Gasteiger partial charge in [0.1, 0.15) is 5.60 Å². The van der Waals surface area contributed by atoms with Gasteiger partial charge in [-0.25, -0.2) is 4.39 Å². The van der Waals surface area contributed by atoms with E-state index in [4.69, 9.17) is 16.3 Å². The van der Waals surface area contributed by atoms with Crippen molar-refractivity contribution in [1.29, 1.82) is 0 Å². The van der Waals surface area contributed by atoms with E-state index in [1.54, 1.807) is 0 Å². The summed E-state index contributed by atoms with van der Waals surface area (Å²) in [7, 11) is 0. The van der Waals surface area contributed by atoms with Crippen molar-refractivity contribution in [2.45, 2.75) is 177 Å². The standard InChI is InChI=1S/C32H55ClFO/c33-32(34,26-23-29-17-9-3-10-18-29)31(35-30-19-11-4-12-20-30,24-21-27-13-5-1-6-14-27)25-22-28-15-7-2-8-16-28/h11,27-30H,1-10,12-26H2. The van der Waals surface area contributed by atoms with Crippen LogP contribution in [-0.2, 0) is 4.74 Å². The van der Waals surface area contributed by atoms with Crippen molar-refractivity contribution in [3.8, 4) is 0 Å². The van der Waals surface area contributed by atoms with Crippen LogP contribution >= 0.6 is 11.6 Å². The lowest BCUT2D eigenvalue weighted by atomic mass is 9.75. The molecule has 3 heteroatoms. The molecule has 4 aliphatic rings. The Morgan fingerprint density at radius 3 is 1.51 bits per heavy atom. The van der Waals surface area contributed by atoms with Gasteiger partial charge in [0.05, 0.1) is 6.10 Å². The van der Waals surface area contributed by atoms with E-state index in [9.17, 15) is 0 Å². The molecule has 0 amide bonds. The lowest BCUT2D eigenvalue weighted by Crippen LogP contribution is -2.52. The van der Waals surface area contributed by atoms with Crippen LogP contribution in [0.4, 0.5) is 4.39 Å². The summed E-state index contributed by atoms with van der Waals surface area (Å²) >= 11 is 7.13. The highest BCUT2D eigenvalue weighted by molar-refractivity contribution is 6.23. The molecule has 1 nitrogen and oxygen atoms in total. The molecular weight excluding hydrogens is 455 g/mol. The molecule has 0 bridgehead atoms. The summed E-state index contributed by atoms with van der Waals surface area (Å²) < 4.78 is 24.1. The molecule has 0 spiro atoms. The van der Waals surface area contributed by atoms with Crippen molar-refractivity contribution >= 4 is 11.6 Å². The molecule has 4 fully saturated rings. The van der Waals surface area contributed by atoms with Gasteiger partial charge >= 0.3 is 0 Å². The molecule has 0 aliphatic heterocycles. The zero-order valence-electron chi connectivity index (χ0n) is 22.7. The number of rotatable bonds is 12. The van der Waals surface area contributed by atoms with Crippen LogP contribution in [0.5, 0.6) is 0 Å². The molecule has 0 heterocycles. The fourth-order valence-corrected chi connectivity index (χ4v) is 8.29. The molecule has 4 rings (SSSR count). The first-order valence-electron chi connectivity index (χ1n) is 15.9. The summed E-state index contributed by atoms with van der Waals surface area (Å²) in [5.74, 6) is 2.14. The molecule has 0 aromatic rings. The van der Waals surface area contributed by atoms with E-state index in [-0.39, 0.29) is 6.10 Å². The summed E-state index contributed by atoms with van der Waals surface area (Å²) in [6.07, 6.45) is 32.1. The van der Waals surface area contributed by atoms with Crippen LogP contribution in [0.2, 0.25) is 0 Å². The van der Waals surface area contributed by atoms with Gasteiger partial charge in [0.25, 0.3) is 0 Å². The number of hydrogen-bond acceptors (Lipinski definition) is 1. The number of alkyl halides is 2. The van der Waals surface area contributed by atoms with Crippen molar-refractivity contribution in [3.05, 3.63) is 6.42 Å². The molecule has 0 saturated heterocycles. The van der Waals surface area contributed by atoms with Crippen LogP contribution in [0.15, 0.2) is 0 Å². The maximum absolute atomic E-state index is 17.1. The first-order chi connectivity index (χ1) is 17.1.